The number of pyridine rings is 1. The number of fused-ring (bicyclic) bond motifs is 2. The minimum atomic E-state index is -0.328. The number of halogens is 1. The van der Waals surface area contributed by atoms with Gasteiger partial charge in [0.1, 0.15) is 22.8 Å². The summed E-state index contributed by atoms with van der Waals surface area (Å²) in [5, 5.41) is 22.8. The van der Waals surface area contributed by atoms with Crippen LogP contribution in [0.3, 0.4) is 0 Å². The van der Waals surface area contributed by atoms with Crippen LogP contribution in [-0.2, 0) is 6.54 Å². The van der Waals surface area contributed by atoms with E-state index in [2.05, 4.69) is 4.98 Å². The fourth-order valence-corrected chi connectivity index (χ4v) is 3.26. The highest BCUT2D eigenvalue weighted by atomic mass is 19.1. The van der Waals surface area contributed by atoms with Gasteiger partial charge in [-0.05, 0) is 23.8 Å². The second-order valence-corrected chi connectivity index (χ2v) is 6.15. The molecule has 0 bridgehead atoms. The highest BCUT2D eigenvalue weighted by Crippen LogP contribution is 2.46. The lowest BCUT2D eigenvalue weighted by Crippen LogP contribution is -1.97. The Hall–Kier alpha value is -3.48. The Morgan fingerprint density at radius 1 is 1.07 bits per heavy atom. The van der Waals surface area contributed by atoms with Crippen LogP contribution >= 0.6 is 0 Å². The van der Waals surface area contributed by atoms with Crippen molar-refractivity contribution in [3.05, 3.63) is 54.1 Å². The van der Waals surface area contributed by atoms with Gasteiger partial charge in [0.2, 0.25) is 5.88 Å². The van der Waals surface area contributed by atoms with E-state index in [0.29, 0.717) is 34.3 Å². The average molecular weight is 368 g/mol. The Bertz CT molecular complexity index is 1150. The molecule has 0 saturated carbocycles. The summed E-state index contributed by atoms with van der Waals surface area (Å²) in [6, 6.07) is 7.71. The van der Waals surface area contributed by atoms with E-state index < -0.39 is 0 Å². The fraction of sp³-hybridized carbons (Fsp3) is 0.150. The normalized spacial score (nSPS) is 11.2. The first-order chi connectivity index (χ1) is 13.0. The first-order valence-corrected chi connectivity index (χ1v) is 8.22. The second-order valence-electron chi connectivity index (χ2n) is 6.15. The molecule has 2 heterocycles. The van der Waals surface area contributed by atoms with Gasteiger partial charge in [0.05, 0.1) is 43.1 Å². The Balaban J connectivity index is 1.96. The molecule has 2 aromatic heterocycles. The van der Waals surface area contributed by atoms with Crippen LogP contribution in [0.4, 0.5) is 4.39 Å². The standard InChI is InChI=1S/C20H17FN2O4/c1-26-13-7-14-17(22-8-13)18(24)16-15(19(14)27-2)10-23(20(16)25)9-11-3-5-12(21)6-4-11/h3-8,10,24-25H,9H2,1-2H3. The van der Waals surface area contributed by atoms with Crippen molar-refractivity contribution < 1.29 is 24.1 Å². The molecule has 2 aromatic carbocycles. The van der Waals surface area contributed by atoms with E-state index >= 15 is 0 Å². The molecular weight excluding hydrogens is 351 g/mol. The summed E-state index contributed by atoms with van der Waals surface area (Å²) in [5.74, 6) is 0.404. The van der Waals surface area contributed by atoms with Crippen molar-refractivity contribution in [1.82, 2.24) is 9.55 Å². The zero-order chi connectivity index (χ0) is 19.1. The highest BCUT2D eigenvalue weighted by Gasteiger charge is 2.22. The van der Waals surface area contributed by atoms with Crippen LogP contribution in [-0.4, -0.2) is 34.0 Å². The molecule has 6 nitrogen and oxygen atoms in total. The summed E-state index contributed by atoms with van der Waals surface area (Å²) >= 11 is 0. The van der Waals surface area contributed by atoms with Gasteiger partial charge in [0.15, 0.2) is 5.75 Å². The number of hydrogen-bond donors (Lipinski definition) is 2. The minimum absolute atomic E-state index is 0.121. The van der Waals surface area contributed by atoms with Crippen molar-refractivity contribution in [2.45, 2.75) is 6.54 Å². The maximum atomic E-state index is 13.1. The zero-order valence-electron chi connectivity index (χ0n) is 14.7. The quantitative estimate of drug-likeness (QED) is 0.573. The van der Waals surface area contributed by atoms with Crippen molar-refractivity contribution in [2.75, 3.05) is 14.2 Å². The van der Waals surface area contributed by atoms with E-state index in [-0.39, 0.29) is 22.8 Å². The van der Waals surface area contributed by atoms with Gasteiger partial charge in [-0.3, -0.25) is 0 Å². The third-order valence-corrected chi connectivity index (χ3v) is 4.57. The van der Waals surface area contributed by atoms with Crippen molar-refractivity contribution in [3.63, 3.8) is 0 Å². The van der Waals surface area contributed by atoms with Gasteiger partial charge in [-0.25, -0.2) is 9.37 Å². The number of hydrogen-bond acceptors (Lipinski definition) is 5. The summed E-state index contributed by atoms with van der Waals surface area (Å²) < 4.78 is 25.4. The largest absolute Gasteiger partial charge is 0.505 e. The van der Waals surface area contributed by atoms with E-state index in [9.17, 15) is 14.6 Å². The number of aromatic hydroxyl groups is 2. The molecule has 0 aliphatic carbocycles. The second kappa shape index (κ2) is 6.35. The molecule has 4 aromatic rings. The topological polar surface area (TPSA) is 76.7 Å². The van der Waals surface area contributed by atoms with Crippen LogP contribution in [0, 0.1) is 5.82 Å². The Morgan fingerprint density at radius 3 is 2.48 bits per heavy atom. The molecule has 0 amide bonds. The molecular formula is C20H17FN2O4. The predicted octanol–water partition coefficient (Wildman–Crippen LogP) is 3.81. The van der Waals surface area contributed by atoms with Gasteiger partial charge in [-0.1, -0.05) is 12.1 Å². The third kappa shape index (κ3) is 2.68. The monoisotopic (exact) mass is 368 g/mol. The number of rotatable bonds is 4. The van der Waals surface area contributed by atoms with E-state index in [4.69, 9.17) is 9.47 Å². The molecule has 0 aliphatic heterocycles. The number of benzene rings is 2. The Kier molecular flexibility index (Phi) is 3.99. The van der Waals surface area contributed by atoms with E-state index in [0.717, 1.165) is 5.56 Å². The lowest BCUT2D eigenvalue weighted by atomic mass is 10.1. The molecule has 27 heavy (non-hydrogen) atoms. The van der Waals surface area contributed by atoms with E-state index in [1.165, 1.54) is 32.5 Å². The fourth-order valence-electron chi connectivity index (χ4n) is 3.26. The average Bonchev–Trinajstić information content (AvgIpc) is 3.00. The van der Waals surface area contributed by atoms with Gasteiger partial charge in [0.25, 0.3) is 0 Å². The molecule has 0 fully saturated rings. The number of phenols is 1. The first-order valence-electron chi connectivity index (χ1n) is 8.22. The number of nitrogens with zero attached hydrogens (tertiary/aromatic N) is 2. The Morgan fingerprint density at radius 2 is 1.81 bits per heavy atom. The number of aromatic nitrogens is 2. The van der Waals surface area contributed by atoms with Crippen LogP contribution in [0.2, 0.25) is 0 Å². The van der Waals surface area contributed by atoms with Crippen LogP contribution in [0.5, 0.6) is 23.1 Å². The van der Waals surface area contributed by atoms with Gasteiger partial charge < -0.3 is 24.3 Å². The minimum Gasteiger partial charge on any atom is -0.505 e. The first kappa shape index (κ1) is 17.0. The number of methoxy groups -OCH3 is 2. The lowest BCUT2D eigenvalue weighted by Gasteiger charge is -2.10. The van der Waals surface area contributed by atoms with E-state index in [1.54, 1.807) is 29.0 Å². The number of phenolic OH excluding ortho intramolecular Hbond substituents is 1. The molecule has 138 valence electrons. The Labute approximate surface area is 154 Å². The zero-order valence-corrected chi connectivity index (χ0v) is 14.7. The van der Waals surface area contributed by atoms with Crippen LogP contribution < -0.4 is 9.47 Å². The lowest BCUT2D eigenvalue weighted by molar-refractivity contribution is 0.411. The molecule has 4 rings (SSSR count). The smallest absolute Gasteiger partial charge is 0.203 e. The van der Waals surface area contributed by atoms with Gasteiger partial charge >= 0.3 is 0 Å². The summed E-state index contributed by atoms with van der Waals surface area (Å²) in [6.07, 6.45) is 3.17. The maximum absolute atomic E-state index is 13.1. The van der Waals surface area contributed by atoms with Crippen LogP contribution in [0.1, 0.15) is 5.56 Å². The molecule has 0 unspecified atom stereocenters. The highest BCUT2D eigenvalue weighted by molar-refractivity contribution is 6.11. The molecule has 0 spiro atoms. The molecule has 7 heteroatoms. The molecule has 0 saturated heterocycles. The number of ether oxygens (including phenoxy) is 2. The molecule has 0 aliphatic rings. The van der Waals surface area contributed by atoms with Gasteiger partial charge in [-0.15, -0.1) is 0 Å². The maximum Gasteiger partial charge on any atom is 0.203 e. The van der Waals surface area contributed by atoms with Crippen molar-refractivity contribution in [3.8, 4) is 23.1 Å². The summed E-state index contributed by atoms with van der Waals surface area (Å²) in [6.45, 7) is 0.302. The van der Waals surface area contributed by atoms with Crippen molar-refractivity contribution >= 4 is 21.7 Å². The SMILES string of the molecule is COc1cnc2c(O)c3c(O)n(Cc4ccc(F)cc4)cc3c(OC)c2c1. The van der Waals surface area contributed by atoms with Crippen LogP contribution in [0.15, 0.2) is 42.7 Å². The van der Waals surface area contributed by atoms with E-state index in [1.807, 2.05) is 0 Å². The summed E-state index contributed by atoms with van der Waals surface area (Å²) in [5.41, 5.74) is 1.10. The molecule has 2 N–H and O–H groups in total. The summed E-state index contributed by atoms with van der Waals surface area (Å²) in [4.78, 5) is 4.24. The van der Waals surface area contributed by atoms with Gasteiger partial charge in [-0.2, -0.15) is 0 Å². The predicted molar refractivity (Wildman–Crippen MR) is 99.2 cm³/mol. The van der Waals surface area contributed by atoms with Crippen LogP contribution in [0.25, 0.3) is 21.7 Å². The van der Waals surface area contributed by atoms with Crippen molar-refractivity contribution in [1.29, 1.82) is 0 Å². The molecule has 0 radical (unpaired) electrons. The summed E-state index contributed by atoms with van der Waals surface area (Å²) in [7, 11) is 3.04. The molecule has 0 atom stereocenters. The third-order valence-electron chi connectivity index (χ3n) is 4.57. The van der Waals surface area contributed by atoms with Crippen molar-refractivity contribution in [2.24, 2.45) is 0 Å². The van der Waals surface area contributed by atoms with Gasteiger partial charge in [0, 0.05) is 6.20 Å².